The second kappa shape index (κ2) is 6.95. The molecule has 27 heavy (non-hydrogen) atoms. The summed E-state index contributed by atoms with van der Waals surface area (Å²) in [5.74, 6) is 2.51. The molecule has 3 aromatic heterocycles. The van der Waals surface area contributed by atoms with Gasteiger partial charge in [-0.1, -0.05) is 13.0 Å². The summed E-state index contributed by atoms with van der Waals surface area (Å²) < 4.78 is 6.12. The summed E-state index contributed by atoms with van der Waals surface area (Å²) in [6.07, 6.45) is 5.26. The number of nitrogens with zero attached hydrogens (tertiary/aromatic N) is 3. The van der Waals surface area contributed by atoms with E-state index in [1.165, 1.54) is 0 Å². The molecular weight excluding hydrogens is 340 g/mol. The topological polar surface area (TPSA) is 80.8 Å². The summed E-state index contributed by atoms with van der Waals surface area (Å²) >= 11 is 0. The van der Waals surface area contributed by atoms with Crippen molar-refractivity contribution in [1.29, 1.82) is 0 Å². The lowest BCUT2D eigenvalue weighted by Crippen LogP contribution is -2.08. The number of aromatic nitrogens is 4. The smallest absolute Gasteiger partial charge is 0.248 e. The van der Waals surface area contributed by atoms with Gasteiger partial charge in [0.05, 0.1) is 12.2 Å². The molecule has 0 aliphatic heterocycles. The summed E-state index contributed by atoms with van der Waals surface area (Å²) in [4.78, 5) is 27.7. The van der Waals surface area contributed by atoms with Gasteiger partial charge in [0.1, 0.15) is 5.82 Å². The molecule has 3 unspecified atom stereocenters. The fourth-order valence-electron chi connectivity index (χ4n) is 3.62. The minimum atomic E-state index is -0.159. The Balaban J connectivity index is 1.57. The summed E-state index contributed by atoms with van der Waals surface area (Å²) in [5.41, 5.74) is 3.43. The highest BCUT2D eigenvalue weighted by Gasteiger charge is 2.49. The van der Waals surface area contributed by atoms with E-state index in [0.29, 0.717) is 36.1 Å². The maximum absolute atomic E-state index is 11.8. The molecule has 0 spiro atoms. The van der Waals surface area contributed by atoms with E-state index >= 15 is 0 Å². The Morgan fingerprint density at radius 3 is 2.81 bits per heavy atom. The summed E-state index contributed by atoms with van der Waals surface area (Å²) in [7, 11) is 0. The van der Waals surface area contributed by atoms with Gasteiger partial charge < -0.3 is 9.72 Å². The minimum absolute atomic E-state index is 0.159. The second-order valence-electron chi connectivity index (χ2n) is 7.14. The molecule has 1 fully saturated rings. The van der Waals surface area contributed by atoms with Crippen molar-refractivity contribution in [3.63, 3.8) is 0 Å². The molecule has 0 radical (unpaired) electrons. The molecule has 1 aliphatic rings. The van der Waals surface area contributed by atoms with Gasteiger partial charge in [0.2, 0.25) is 11.4 Å². The highest BCUT2D eigenvalue weighted by Crippen LogP contribution is 2.53. The van der Waals surface area contributed by atoms with Gasteiger partial charge in [-0.05, 0) is 43.0 Å². The zero-order chi connectivity index (χ0) is 19.0. The summed E-state index contributed by atoms with van der Waals surface area (Å²) in [6.45, 7) is 6.56. The molecule has 6 heteroatoms. The maximum Gasteiger partial charge on any atom is 0.248 e. The second-order valence-corrected chi connectivity index (χ2v) is 7.14. The first-order chi connectivity index (χ1) is 13.0. The monoisotopic (exact) mass is 362 g/mol. The Morgan fingerprint density at radius 1 is 1.19 bits per heavy atom. The van der Waals surface area contributed by atoms with E-state index < -0.39 is 0 Å². The SMILES string of the molecule is Cc1ncc(-c2cc(=O)[nH]cc2C)c(OCC2C(C)C2c2ccccn2)n1. The number of pyridine rings is 2. The third-order valence-corrected chi connectivity index (χ3v) is 5.30. The van der Waals surface area contributed by atoms with Crippen LogP contribution in [0.1, 0.15) is 29.9 Å². The number of aryl methyl sites for hydroxylation is 2. The third-order valence-electron chi connectivity index (χ3n) is 5.30. The van der Waals surface area contributed by atoms with Gasteiger partial charge in [-0.3, -0.25) is 9.78 Å². The van der Waals surface area contributed by atoms with Crippen molar-refractivity contribution in [2.24, 2.45) is 11.8 Å². The van der Waals surface area contributed by atoms with Crippen molar-refractivity contribution in [3.8, 4) is 17.0 Å². The first-order valence-electron chi connectivity index (χ1n) is 9.11. The van der Waals surface area contributed by atoms with Crippen LogP contribution in [0.3, 0.4) is 0 Å². The van der Waals surface area contributed by atoms with Gasteiger partial charge in [0.15, 0.2) is 0 Å². The molecule has 6 nitrogen and oxygen atoms in total. The summed E-state index contributed by atoms with van der Waals surface area (Å²) in [6, 6.07) is 7.59. The molecular formula is C21H22N4O2. The van der Waals surface area contributed by atoms with E-state index in [0.717, 1.165) is 22.4 Å². The van der Waals surface area contributed by atoms with Gasteiger partial charge in [-0.15, -0.1) is 0 Å². The molecule has 0 amide bonds. The van der Waals surface area contributed by atoms with Gasteiger partial charge in [0.25, 0.3) is 0 Å². The number of hydrogen-bond acceptors (Lipinski definition) is 5. The van der Waals surface area contributed by atoms with Crippen LogP contribution in [0.4, 0.5) is 0 Å². The zero-order valence-corrected chi connectivity index (χ0v) is 15.6. The lowest BCUT2D eigenvalue weighted by Gasteiger charge is -2.12. The molecule has 4 rings (SSSR count). The van der Waals surface area contributed by atoms with Crippen LogP contribution in [0.25, 0.3) is 11.1 Å². The molecule has 0 saturated heterocycles. The maximum atomic E-state index is 11.8. The Bertz CT molecular complexity index is 1020. The highest BCUT2D eigenvalue weighted by atomic mass is 16.5. The summed E-state index contributed by atoms with van der Waals surface area (Å²) in [5, 5.41) is 0. The number of hydrogen-bond donors (Lipinski definition) is 1. The number of nitrogens with one attached hydrogen (secondary N) is 1. The van der Waals surface area contributed by atoms with Crippen molar-refractivity contribution in [1.82, 2.24) is 19.9 Å². The van der Waals surface area contributed by atoms with E-state index in [1.54, 1.807) is 18.5 Å². The van der Waals surface area contributed by atoms with Crippen molar-refractivity contribution in [2.75, 3.05) is 6.61 Å². The fourth-order valence-corrected chi connectivity index (χ4v) is 3.62. The van der Waals surface area contributed by atoms with E-state index in [1.807, 2.05) is 32.2 Å². The standard InChI is InChI=1S/C21H22N4O2/c1-12-9-24-19(26)8-15(12)16-10-23-14(3)25-21(16)27-11-17-13(2)20(17)18-6-4-5-7-22-18/h4-10,13,17,20H,11H2,1-3H3,(H,24,26). The Morgan fingerprint density at radius 2 is 2.04 bits per heavy atom. The van der Waals surface area contributed by atoms with Crippen molar-refractivity contribution in [2.45, 2.75) is 26.7 Å². The first kappa shape index (κ1) is 17.4. The largest absolute Gasteiger partial charge is 0.477 e. The van der Waals surface area contributed by atoms with E-state index in [-0.39, 0.29) is 5.56 Å². The predicted molar refractivity (Wildman–Crippen MR) is 103 cm³/mol. The van der Waals surface area contributed by atoms with Crippen LogP contribution < -0.4 is 10.3 Å². The van der Waals surface area contributed by atoms with E-state index in [2.05, 4.69) is 32.9 Å². The zero-order valence-electron chi connectivity index (χ0n) is 15.6. The van der Waals surface area contributed by atoms with Crippen molar-refractivity contribution >= 4 is 0 Å². The first-order valence-corrected chi connectivity index (χ1v) is 9.11. The predicted octanol–water partition coefficient (Wildman–Crippen LogP) is 3.27. The molecule has 1 aliphatic carbocycles. The average Bonchev–Trinajstić information content (AvgIpc) is 3.32. The van der Waals surface area contributed by atoms with Crippen LogP contribution >= 0.6 is 0 Å². The quantitative estimate of drug-likeness (QED) is 0.753. The minimum Gasteiger partial charge on any atom is -0.477 e. The molecule has 3 heterocycles. The van der Waals surface area contributed by atoms with Crippen LogP contribution in [0.15, 0.2) is 47.7 Å². The normalized spacial score (nSPS) is 21.1. The van der Waals surface area contributed by atoms with Crippen molar-refractivity contribution < 1.29 is 4.74 Å². The molecule has 0 aromatic carbocycles. The Hall–Kier alpha value is -3.02. The number of H-pyrrole nitrogens is 1. The third kappa shape index (κ3) is 3.47. The number of rotatable bonds is 5. The van der Waals surface area contributed by atoms with Crippen LogP contribution in [-0.2, 0) is 0 Å². The fraction of sp³-hybridized carbons (Fsp3) is 0.333. The number of aromatic amines is 1. The van der Waals surface area contributed by atoms with E-state index in [4.69, 9.17) is 4.74 Å². The van der Waals surface area contributed by atoms with Crippen LogP contribution in [0.2, 0.25) is 0 Å². The Labute approximate surface area is 157 Å². The molecule has 138 valence electrons. The number of ether oxygens (including phenoxy) is 1. The average molecular weight is 362 g/mol. The van der Waals surface area contributed by atoms with Crippen LogP contribution in [0.5, 0.6) is 5.88 Å². The van der Waals surface area contributed by atoms with Gasteiger partial charge in [-0.25, -0.2) is 4.98 Å². The van der Waals surface area contributed by atoms with Crippen LogP contribution in [-0.4, -0.2) is 26.5 Å². The molecule has 3 aromatic rings. The molecule has 1 saturated carbocycles. The van der Waals surface area contributed by atoms with E-state index in [9.17, 15) is 4.79 Å². The van der Waals surface area contributed by atoms with Gasteiger partial charge >= 0.3 is 0 Å². The molecule has 1 N–H and O–H groups in total. The molecule has 3 atom stereocenters. The highest BCUT2D eigenvalue weighted by molar-refractivity contribution is 5.70. The van der Waals surface area contributed by atoms with Gasteiger partial charge in [0, 0.05) is 42.2 Å². The molecule has 0 bridgehead atoms. The van der Waals surface area contributed by atoms with Gasteiger partial charge in [-0.2, -0.15) is 4.98 Å². The lowest BCUT2D eigenvalue weighted by atomic mass is 10.1. The Kier molecular flexibility index (Phi) is 4.48. The van der Waals surface area contributed by atoms with Crippen LogP contribution in [0, 0.1) is 25.7 Å². The lowest BCUT2D eigenvalue weighted by molar-refractivity contribution is 0.280. The van der Waals surface area contributed by atoms with Crippen molar-refractivity contribution in [3.05, 3.63) is 70.3 Å².